The van der Waals surface area contributed by atoms with E-state index in [0.717, 1.165) is 31.7 Å². The number of rotatable bonds is 5. The molecule has 0 bridgehead atoms. The standard InChI is InChI=1S/C16H23NO3/c1-12-9-13(16(18)19)6-7-14(12)10-17(2)11-15-5-3-4-8-20-15/h6-7,9,15H,3-5,8,10-11H2,1-2H3,(H,18,19). The van der Waals surface area contributed by atoms with Gasteiger partial charge in [-0.3, -0.25) is 4.90 Å². The summed E-state index contributed by atoms with van der Waals surface area (Å²) in [5, 5.41) is 8.97. The number of benzene rings is 1. The number of carboxylic acids is 1. The lowest BCUT2D eigenvalue weighted by atomic mass is 10.0. The third-order valence-corrected chi connectivity index (χ3v) is 3.82. The van der Waals surface area contributed by atoms with Crippen molar-refractivity contribution in [1.29, 1.82) is 0 Å². The van der Waals surface area contributed by atoms with Crippen molar-refractivity contribution in [2.24, 2.45) is 0 Å². The van der Waals surface area contributed by atoms with Gasteiger partial charge in [-0.25, -0.2) is 4.79 Å². The lowest BCUT2D eigenvalue weighted by Gasteiger charge is -2.27. The van der Waals surface area contributed by atoms with Gasteiger partial charge in [0.15, 0.2) is 0 Å². The summed E-state index contributed by atoms with van der Waals surface area (Å²) < 4.78 is 5.75. The Labute approximate surface area is 120 Å². The van der Waals surface area contributed by atoms with Crippen LogP contribution in [0.5, 0.6) is 0 Å². The molecule has 20 heavy (non-hydrogen) atoms. The highest BCUT2D eigenvalue weighted by atomic mass is 16.5. The van der Waals surface area contributed by atoms with E-state index in [1.54, 1.807) is 12.1 Å². The van der Waals surface area contributed by atoms with Crippen LogP contribution in [-0.2, 0) is 11.3 Å². The molecule has 1 fully saturated rings. The highest BCUT2D eigenvalue weighted by Gasteiger charge is 2.16. The second-order valence-corrected chi connectivity index (χ2v) is 5.63. The molecular formula is C16H23NO3. The summed E-state index contributed by atoms with van der Waals surface area (Å²) in [5.41, 5.74) is 2.55. The molecule has 0 amide bonds. The van der Waals surface area contributed by atoms with Gasteiger partial charge < -0.3 is 9.84 Å². The normalized spacial score (nSPS) is 19.2. The van der Waals surface area contributed by atoms with E-state index >= 15 is 0 Å². The largest absolute Gasteiger partial charge is 0.478 e. The van der Waals surface area contributed by atoms with E-state index in [-0.39, 0.29) is 0 Å². The Morgan fingerprint density at radius 3 is 2.85 bits per heavy atom. The average molecular weight is 277 g/mol. The average Bonchev–Trinajstić information content (AvgIpc) is 2.42. The summed E-state index contributed by atoms with van der Waals surface area (Å²) in [6.45, 7) is 4.60. The number of aromatic carboxylic acids is 1. The van der Waals surface area contributed by atoms with Gasteiger partial charge in [0.05, 0.1) is 11.7 Å². The van der Waals surface area contributed by atoms with Gasteiger partial charge in [-0.1, -0.05) is 6.07 Å². The van der Waals surface area contributed by atoms with E-state index in [0.29, 0.717) is 11.7 Å². The van der Waals surface area contributed by atoms with Crippen LogP contribution >= 0.6 is 0 Å². The Balaban J connectivity index is 1.93. The summed E-state index contributed by atoms with van der Waals surface area (Å²) in [4.78, 5) is 13.2. The van der Waals surface area contributed by atoms with Crippen molar-refractivity contribution in [3.05, 3.63) is 34.9 Å². The van der Waals surface area contributed by atoms with E-state index in [2.05, 4.69) is 11.9 Å². The van der Waals surface area contributed by atoms with E-state index in [1.807, 2.05) is 13.0 Å². The van der Waals surface area contributed by atoms with Crippen molar-refractivity contribution in [2.45, 2.75) is 38.8 Å². The minimum atomic E-state index is -0.872. The van der Waals surface area contributed by atoms with Gasteiger partial charge in [-0.2, -0.15) is 0 Å². The van der Waals surface area contributed by atoms with Crippen molar-refractivity contribution in [2.75, 3.05) is 20.2 Å². The van der Waals surface area contributed by atoms with Crippen LogP contribution in [0.15, 0.2) is 18.2 Å². The van der Waals surface area contributed by atoms with Gasteiger partial charge >= 0.3 is 5.97 Å². The molecule has 0 radical (unpaired) electrons. The topological polar surface area (TPSA) is 49.8 Å². The van der Waals surface area contributed by atoms with E-state index in [1.165, 1.54) is 18.4 Å². The van der Waals surface area contributed by atoms with Crippen molar-refractivity contribution in [1.82, 2.24) is 4.90 Å². The third kappa shape index (κ3) is 4.05. The molecule has 0 saturated carbocycles. The van der Waals surface area contributed by atoms with Crippen LogP contribution in [0.1, 0.15) is 40.7 Å². The van der Waals surface area contributed by atoms with Crippen molar-refractivity contribution >= 4 is 5.97 Å². The number of hydrogen-bond acceptors (Lipinski definition) is 3. The summed E-state index contributed by atoms with van der Waals surface area (Å²) in [5.74, 6) is -0.872. The summed E-state index contributed by atoms with van der Waals surface area (Å²) in [7, 11) is 2.09. The molecular weight excluding hydrogens is 254 g/mol. The lowest BCUT2D eigenvalue weighted by molar-refractivity contribution is -0.00261. The molecule has 0 aromatic heterocycles. The summed E-state index contributed by atoms with van der Waals surface area (Å²) >= 11 is 0. The van der Waals surface area contributed by atoms with E-state index in [9.17, 15) is 4.79 Å². The molecule has 1 aromatic rings. The molecule has 0 aliphatic carbocycles. The SMILES string of the molecule is Cc1cc(C(=O)O)ccc1CN(C)CC1CCCCO1. The van der Waals surface area contributed by atoms with E-state index in [4.69, 9.17) is 9.84 Å². The van der Waals surface area contributed by atoms with Gasteiger partial charge in [-0.15, -0.1) is 0 Å². The van der Waals surface area contributed by atoms with Crippen molar-refractivity contribution < 1.29 is 14.6 Å². The third-order valence-electron chi connectivity index (χ3n) is 3.82. The highest BCUT2D eigenvalue weighted by molar-refractivity contribution is 5.87. The maximum Gasteiger partial charge on any atom is 0.335 e. The molecule has 0 spiro atoms. The molecule has 1 aromatic carbocycles. The number of nitrogens with zero attached hydrogens (tertiary/aromatic N) is 1. The van der Waals surface area contributed by atoms with Crippen LogP contribution in [0.4, 0.5) is 0 Å². The Morgan fingerprint density at radius 2 is 2.25 bits per heavy atom. The Hall–Kier alpha value is -1.39. The van der Waals surface area contributed by atoms with Crippen LogP contribution in [-0.4, -0.2) is 42.3 Å². The van der Waals surface area contributed by atoms with Gasteiger partial charge in [0, 0.05) is 19.7 Å². The van der Waals surface area contributed by atoms with Crippen molar-refractivity contribution in [3.8, 4) is 0 Å². The first kappa shape index (κ1) is 15.0. The zero-order chi connectivity index (χ0) is 14.5. The molecule has 1 heterocycles. The maximum atomic E-state index is 10.9. The molecule has 1 atom stereocenters. The predicted molar refractivity (Wildman–Crippen MR) is 78.1 cm³/mol. The first-order chi connectivity index (χ1) is 9.56. The fourth-order valence-electron chi connectivity index (χ4n) is 2.66. The molecule has 1 N–H and O–H groups in total. The second-order valence-electron chi connectivity index (χ2n) is 5.63. The Kier molecular flexibility index (Phi) is 5.15. The number of likely N-dealkylation sites (N-methyl/N-ethyl adjacent to an activating group) is 1. The number of carboxylic acid groups (broad SMARTS) is 1. The number of ether oxygens (including phenoxy) is 1. The molecule has 4 nitrogen and oxygen atoms in total. The molecule has 1 unspecified atom stereocenters. The van der Waals surface area contributed by atoms with Gasteiger partial charge in [-0.05, 0) is 56.5 Å². The quantitative estimate of drug-likeness (QED) is 0.899. The highest BCUT2D eigenvalue weighted by Crippen LogP contribution is 2.16. The van der Waals surface area contributed by atoms with Crippen LogP contribution in [0, 0.1) is 6.92 Å². The number of hydrogen-bond donors (Lipinski definition) is 1. The van der Waals surface area contributed by atoms with Gasteiger partial charge in [0.1, 0.15) is 0 Å². The lowest BCUT2D eigenvalue weighted by Crippen LogP contribution is -2.33. The second kappa shape index (κ2) is 6.86. The van der Waals surface area contributed by atoms with E-state index < -0.39 is 5.97 Å². The first-order valence-electron chi connectivity index (χ1n) is 7.19. The van der Waals surface area contributed by atoms with Crippen LogP contribution < -0.4 is 0 Å². The maximum absolute atomic E-state index is 10.9. The Morgan fingerprint density at radius 1 is 1.45 bits per heavy atom. The predicted octanol–water partition coefficient (Wildman–Crippen LogP) is 2.69. The monoisotopic (exact) mass is 277 g/mol. The van der Waals surface area contributed by atoms with Gasteiger partial charge in [0.2, 0.25) is 0 Å². The smallest absolute Gasteiger partial charge is 0.335 e. The Bertz CT molecular complexity index is 467. The summed E-state index contributed by atoms with van der Waals surface area (Å²) in [6.07, 6.45) is 3.91. The molecule has 1 aliphatic rings. The number of aryl methyl sites for hydroxylation is 1. The molecule has 1 aliphatic heterocycles. The molecule has 2 rings (SSSR count). The van der Waals surface area contributed by atoms with Crippen LogP contribution in [0.3, 0.4) is 0 Å². The molecule has 1 saturated heterocycles. The minimum Gasteiger partial charge on any atom is -0.478 e. The first-order valence-corrected chi connectivity index (χ1v) is 7.19. The zero-order valence-electron chi connectivity index (χ0n) is 12.3. The zero-order valence-corrected chi connectivity index (χ0v) is 12.3. The number of carbonyl (C=O) groups is 1. The molecule has 4 heteroatoms. The minimum absolute atomic E-state index is 0.340. The summed E-state index contributed by atoms with van der Waals surface area (Å²) in [6, 6.07) is 5.33. The van der Waals surface area contributed by atoms with Crippen LogP contribution in [0.25, 0.3) is 0 Å². The van der Waals surface area contributed by atoms with Gasteiger partial charge in [0.25, 0.3) is 0 Å². The fourth-order valence-corrected chi connectivity index (χ4v) is 2.66. The fraction of sp³-hybridized carbons (Fsp3) is 0.562. The van der Waals surface area contributed by atoms with Crippen molar-refractivity contribution in [3.63, 3.8) is 0 Å². The van der Waals surface area contributed by atoms with Crippen LogP contribution in [0.2, 0.25) is 0 Å². The molecule has 110 valence electrons.